The van der Waals surface area contributed by atoms with Crippen molar-refractivity contribution in [2.24, 2.45) is 0 Å². The van der Waals surface area contributed by atoms with Crippen LogP contribution < -0.4 is 0 Å². The van der Waals surface area contributed by atoms with Gasteiger partial charge in [0.15, 0.2) is 5.16 Å². The number of imidazole rings is 1. The molecular formula is C5H6N2S. The Bertz CT molecular complexity index is 157. The molecule has 1 heterocycles. The van der Waals surface area contributed by atoms with Crippen molar-refractivity contribution in [1.29, 1.82) is 0 Å². The molecular weight excluding hydrogens is 120 g/mol. The number of rotatable bonds is 2. The van der Waals surface area contributed by atoms with Gasteiger partial charge in [0, 0.05) is 12.4 Å². The molecule has 8 heavy (non-hydrogen) atoms. The summed E-state index contributed by atoms with van der Waals surface area (Å²) in [6, 6.07) is 0. The number of thioether (sulfide) groups is 1. The van der Waals surface area contributed by atoms with Crippen LogP contribution in [0.3, 0.4) is 0 Å². The van der Waals surface area contributed by atoms with E-state index in [0.717, 1.165) is 5.16 Å². The molecule has 0 saturated heterocycles. The minimum atomic E-state index is 0.889. The first kappa shape index (κ1) is 5.44. The van der Waals surface area contributed by atoms with Crippen LogP contribution in [0.4, 0.5) is 0 Å². The number of hydrogen-bond acceptors (Lipinski definition) is 2. The Kier molecular flexibility index (Phi) is 1.75. The summed E-state index contributed by atoms with van der Waals surface area (Å²) in [6.07, 6.45) is 3.50. The van der Waals surface area contributed by atoms with E-state index in [9.17, 15) is 0 Å². The summed E-state index contributed by atoms with van der Waals surface area (Å²) >= 11 is 1.48. The third-order valence-corrected chi connectivity index (χ3v) is 1.28. The zero-order valence-corrected chi connectivity index (χ0v) is 5.11. The quantitative estimate of drug-likeness (QED) is 0.610. The summed E-state index contributed by atoms with van der Waals surface area (Å²) in [4.78, 5) is 6.86. The molecule has 0 aliphatic carbocycles. The number of aromatic nitrogens is 2. The Labute approximate surface area is 52.0 Å². The molecule has 0 fully saturated rings. The molecule has 0 amide bonds. The van der Waals surface area contributed by atoms with Crippen LogP contribution in [0.5, 0.6) is 0 Å². The number of nitrogens with zero attached hydrogens (tertiary/aromatic N) is 1. The lowest BCUT2D eigenvalue weighted by Gasteiger charge is -1.81. The molecule has 0 bridgehead atoms. The highest BCUT2D eigenvalue weighted by atomic mass is 32.2. The molecule has 1 N–H and O–H groups in total. The summed E-state index contributed by atoms with van der Waals surface area (Å²) in [5.41, 5.74) is 0. The zero-order chi connectivity index (χ0) is 5.82. The number of aromatic amines is 1. The number of hydrogen-bond donors (Lipinski definition) is 1. The summed E-state index contributed by atoms with van der Waals surface area (Å²) in [5, 5.41) is 2.62. The van der Waals surface area contributed by atoms with E-state index in [2.05, 4.69) is 16.5 Å². The Morgan fingerprint density at radius 2 is 2.75 bits per heavy atom. The van der Waals surface area contributed by atoms with Crippen molar-refractivity contribution >= 4 is 11.8 Å². The van der Waals surface area contributed by atoms with Gasteiger partial charge in [0.1, 0.15) is 0 Å². The largest absolute Gasteiger partial charge is 0.339 e. The highest BCUT2D eigenvalue weighted by Crippen LogP contribution is 2.10. The highest BCUT2D eigenvalue weighted by molar-refractivity contribution is 8.01. The molecule has 1 rings (SSSR count). The summed E-state index contributed by atoms with van der Waals surface area (Å²) in [5.74, 6) is 0. The summed E-state index contributed by atoms with van der Waals surface area (Å²) in [7, 11) is 0. The van der Waals surface area contributed by atoms with E-state index in [0.29, 0.717) is 0 Å². The van der Waals surface area contributed by atoms with Crippen molar-refractivity contribution in [3.05, 3.63) is 24.4 Å². The minimum Gasteiger partial charge on any atom is -0.339 e. The van der Waals surface area contributed by atoms with Crippen molar-refractivity contribution < 1.29 is 0 Å². The van der Waals surface area contributed by atoms with Gasteiger partial charge >= 0.3 is 0 Å². The van der Waals surface area contributed by atoms with Gasteiger partial charge in [-0.05, 0) is 5.41 Å². The average molecular weight is 126 g/mol. The first-order valence-corrected chi connectivity index (χ1v) is 3.08. The zero-order valence-electron chi connectivity index (χ0n) is 4.29. The van der Waals surface area contributed by atoms with E-state index in [-0.39, 0.29) is 0 Å². The maximum absolute atomic E-state index is 3.94. The monoisotopic (exact) mass is 126 g/mol. The van der Waals surface area contributed by atoms with E-state index in [1.54, 1.807) is 17.8 Å². The second kappa shape index (κ2) is 2.57. The van der Waals surface area contributed by atoms with Crippen molar-refractivity contribution in [3.8, 4) is 0 Å². The van der Waals surface area contributed by atoms with Crippen LogP contribution in [-0.4, -0.2) is 9.97 Å². The predicted octanol–water partition coefficient (Wildman–Crippen LogP) is 1.65. The van der Waals surface area contributed by atoms with Crippen LogP contribution in [0.25, 0.3) is 0 Å². The predicted molar refractivity (Wildman–Crippen MR) is 34.6 cm³/mol. The van der Waals surface area contributed by atoms with Crippen LogP contribution in [0, 0.1) is 0 Å². The van der Waals surface area contributed by atoms with E-state index in [4.69, 9.17) is 0 Å². The Morgan fingerprint density at radius 3 is 3.25 bits per heavy atom. The first-order chi connectivity index (χ1) is 3.93. The molecule has 3 heteroatoms. The molecule has 0 radical (unpaired) electrons. The molecule has 0 aliphatic rings. The SMILES string of the molecule is C=CSc1ncc[nH]1. The minimum absolute atomic E-state index is 0.889. The van der Waals surface area contributed by atoms with E-state index >= 15 is 0 Å². The molecule has 0 unspecified atom stereocenters. The van der Waals surface area contributed by atoms with Gasteiger partial charge in [0.2, 0.25) is 0 Å². The summed E-state index contributed by atoms with van der Waals surface area (Å²) < 4.78 is 0. The van der Waals surface area contributed by atoms with E-state index in [1.165, 1.54) is 11.8 Å². The Hall–Kier alpha value is -0.700. The average Bonchev–Trinajstić information content (AvgIpc) is 2.19. The van der Waals surface area contributed by atoms with Gasteiger partial charge in [-0.2, -0.15) is 0 Å². The molecule has 0 saturated carbocycles. The third kappa shape index (κ3) is 1.13. The molecule has 0 atom stereocenters. The van der Waals surface area contributed by atoms with Crippen molar-refractivity contribution in [3.63, 3.8) is 0 Å². The van der Waals surface area contributed by atoms with Crippen molar-refractivity contribution in [1.82, 2.24) is 9.97 Å². The third-order valence-electron chi connectivity index (χ3n) is 0.668. The Morgan fingerprint density at radius 1 is 1.88 bits per heavy atom. The van der Waals surface area contributed by atoms with Crippen LogP contribution in [-0.2, 0) is 0 Å². The molecule has 42 valence electrons. The Balaban J connectivity index is 2.62. The maximum atomic E-state index is 3.94. The fourth-order valence-corrected chi connectivity index (χ4v) is 0.810. The highest BCUT2D eigenvalue weighted by Gasteiger charge is 1.85. The molecule has 1 aromatic rings. The van der Waals surface area contributed by atoms with Gasteiger partial charge < -0.3 is 4.98 Å². The van der Waals surface area contributed by atoms with E-state index < -0.39 is 0 Å². The van der Waals surface area contributed by atoms with E-state index in [1.807, 2.05) is 0 Å². The van der Waals surface area contributed by atoms with Gasteiger partial charge in [-0.15, -0.1) is 0 Å². The lowest BCUT2D eigenvalue weighted by Crippen LogP contribution is -1.65. The van der Waals surface area contributed by atoms with Gasteiger partial charge in [0.25, 0.3) is 0 Å². The smallest absolute Gasteiger partial charge is 0.169 e. The van der Waals surface area contributed by atoms with Gasteiger partial charge in [-0.1, -0.05) is 18.3 Å². The lowest BCUT2D eigenvalue weighted by molar-refractivity contribution is 1.06. The van der Waals surface area contributed by atoms with Gasteiger partial charge in [0.05, 0.1) is 0 Å². The second-order valence-corrected chi connectivity index (χ2v) is 2.13. The number of H-pyrrole nitrogens is 1. The van der Waals surface area contributed by atoms with Crippen LogP contribution in [0.1, 0.15) is 0 Å². The molecule has 1 aromatic heterocycles. The van der Waals surface area contributed by atoms with Gasteiger partial charge in [-0.3, -0.25) is 0 Å². The fraction of sp³-hybridized carbons (Fsp3) is 0. The normalized spacial score (nSPS) is 9.00. The molecule has 0 aromatic carbocycles. The fourth-order valence-electron chi connectivity index (χ4n) is 0.394. The lowest BCUT2D eigenvalue weighted by atomic mass is 11.0. The molecule has 0 spiro atoms. The van der Waals surface area contributed by atoms with Crippen molar-refractivity contribution in [2.75, 3.05) is 0 Å². The molecule has 2 nitrogen and oxygen atoms in total. The molecule has 0 aliphatic heterocycles. The van der Waals surface area contributed by atoms with Crippen LogP contribution in [0.2, 0.25) is 0 Å². The maximum Gasteiger partial charge on any atom is 0.169 e. The summed E-state index contributed by atoms with van der Waals surface area (Å²) in [6.45, 7) is 3.54. The topological polar surface area (TPSA) is 28.7 Å². The standard InChI is InChI=1S/C5H6N2S/c1-2-8-5-6-3-4-7-5/h2-4H,1H2,(H,6,7). The van der Waals surface area contributed by atoms with Crippen LogP contribution in [0.15, 0.2) is 29.5 Å². The first-order valence-electron chi connectivity index (χ1n) is 2.20. The second-order valence-electron chi connectivity index (χ2n) is 1.18. The van der Waals surface area contributed by atoms with Crippen molar-refractivity contribution in [2.45, 2.75) is 5.16 Å². The van der Waals surface area contributed by atoms with Gasteiger partial charge in [-0.25, -0.2) is 4.98 Å². The van der Waals surface area contributed by atoms with Crippen LogP contribution >= 0.6 is 11.8 Å². The number of nitrogens with one attached hydrogen (secondary N) is 1.